The van der Waals surface area contributed by atoms with Crippen LogP contribution in [-0.4, -0.2) is 25.0 Å². The van der Waals surface area contributed by atoms with E-state index >= 15 is 0 Å². The maximum atomic E-state index is 12.1. The first kappa shape index (κ1) is 18.3. The van der Waals surface area contributed by atoms with Gasteiger partial charge in [0.2, 0.25) is 11.8 Å². The van der Waals surface area contributed by atoms with Gasteiger partial charge in [-0.3, -0.25) is 9.59 Å². The number of rotatable bonds is 6. The summed E-state index contributed by atoms with van der Waals surface area (Å²) < 4.78 is 5.08. The number of anilines is 1. The molecule has 1 atom stereocenters. The van der Waals surface area contributed by atoms with Crippen LogP contribution >= 0.6 is 0 Å². The number of hydrogen-bond acceptors (Lipinski definition) is 3. The minimum atomic E-state index is -0.644. The normalized spacial score (nSPS) is 11.8. The number of carbonyl (C=O) groups is 2. The van der Waals surface area contributed by atoms with Crippen LogP contribution < -0.4 is 15.4 Å². The lowest BCUT2D eigenvalue weighted by molar-refractivity contribution is -0.123. The van der Waals surface area contributed by atoms with Crippen molar-refractivity contribution in [2.75, 3.05) is 12.4 Å². The molecule has 0 spiro atoms. The number of amides is 2. The van der Waals surface area contributed by atoms with Crippen LogP contribution in [0.1, 0.15) is 18.1 Å². The smallest absolute Gasteiger partial charge is 0.246 e. The molecule has 1 unspecified atom stereocenters. The van der Waals surface area contributed by atoms with Crippen LogP contribution in [0.5, 0.6) is 5.75 Å². The van der Waals surface area contributed by atoms with E-state index in [-0.39, 0.29) is 11.8 Å². The van der Waals surface area contributed by atoms with E-state index < -0.39 is 6.04 Å². The van der Waals surface area contributed by atoms with Gasteiger partial charge in [-0.2, -0.15) is 0 Å². The van der Waals surface area contributed by atoms with Crippen molar-refractivity contribution in [3.63, 3.8) is 0 Å². The highest BCUT2D eigenvalue weighted by Crippen LogP contribution is 2.12. The number of carbonyl (C=O) groups excluding carboxylic acids is 2. The predicted molar refractivity (Wildman–Crippen MR) is 99.4 cm³/mol. The van der Waals surface area contributed by atoms with E-state index in [1.165, 1.54) is 6.08 Å². The molecule has 0 heterocycles. The second-order valence-corrected chi connectivity index (χ2v) is 5.69. The molecule has 2 aromatic carbocycles. The van der Waals surface area contributed by atoms with Gasteiger partial charge in [-0.15, -0.1) is 0 Å². The molecular formula is C20H22N2O3. The summed E-state index contributed by atoms with van der Waals surface area (Å²) in [7, 11) is 1.60. The van der Waals surface area contributed by atoms with Crippen LogP contribution in [0.15, 0.2) is 54.6 Å². The zero-order valence-corrected chi connectivity index (χ0v) is 14.6. The fraction of sp³-hybridized carbons (Fsp3) is 0.200. The highest BCUT2D eigenvalue weighted by molar-refractivity contribution is 5.99. The fourth-order valence-electron chi connectivity index (χ4n) is 2.10. The molecule has 0 saturated carbocycles. The minimum Gasteiger partial charge on any atom is -0.497 e. The first-order valence-corrected chi connectivity index (χ1v) is 7.98. The molecular weight excluding hydrogens is 316 g/mol. The molecule has 25 heavy (non-hydrogen) atoms. The summed E-state index contributed by atoms with van der Waals surface area (Å²) in [6, 6.07) is 14.1. The number of benzene rings is 2. The molecule has 0 bridgehead atoms. The van der Waals surface area contributed by atoms with Crippen molar-refractivity contribution in [3.8, 4) is 5.75 Å². The van der Waals surface area contributed by atoms with Crippen molar-refractivity contribution >= 4 is 23.6 Å². The van der Waals surface area contributed by atoms with Gasteiger partial charge >= 0.3 is 0 Å². The Hall–Kier alpha value is -3.08. The molecule has 2 amide bonds. The summed E-state index contributed by atoms with van der Waals surface area (Å²) in [4.78, 5) is 24.1. The summed E-state index contributed by atoms with van der Waals surface area (Å²) in [6.45, 7) is 3.62. The van der Waals surface area contributed by atoms with Crippen LogP contribution in [0.3, 0.4) is 0 Å². The average Bonchev–Trinajstić information content (AvgIpc) is 2.62. The van der Waals surface area contributed by atoms with Crippen LogP contribution in [-0.2, 0) is 9.59 Å². The Morgan fingerprint density at radius 2 is 1.68 bits per heavy atom. The van der Waals surface area contributed by atoms with Crippen LogP contribution in [0, 0.1) is 6.92 Å². The molecule has 130 valence electrons. The first-order valence-electron chi connectivity index (χ1n) is 7.98. The lowest BCUT2D eigenvalue weighted by Crippen LogP contribution is -2.40. The quantitative estimate of drug-likeness (QED) is 0.795. The molecule has 2 rings (SSSR count). The average molecular weight is 338 g/mol. The van der Waals surface area contributed by atoms with Gasteiger partial charge in [-0.25, -0.2) is 0 Å². The van der Waals surface area contributed by atoms with E-state index in [2.05, 4.69) is 10.6 Å². The lowest BCUT2D eigenvalue weighted by Gasteiger charge is -2.13. The van der Waals surface area contributed by atoms with Crippen molar-refractivity contribution in [1.82, 2.24) is 5.32 Å². The second-order valence-electron chi connectivity index (χ2n) is 5.69. The van der Waals surface area contributed by atoms with Gasteiger partial charge in [0.1, 0.15) is 11.8 Å². The van der Waals surface area contributed by atoms with Gasteiger partial charge in [0.05, 0.1) is 7.11 Å². The molecule has 0 aromatic heterocycles. The third-order valence-electron chi connectivity index (χ3n) is 3.61. The Balaban J connectivity index is 1.86. The molecule has 0 radical (unpaired) electrons. The van der Waals surface area contributed by atoms with E-state index in [1.807, 2.05) is 55.5 Å². The summed E-state index contributed by atoms with van der Waals surface area (Å²) in [5.41, 5.74) is 2.68. The van der Waals surface area contributed by atoms with Gasteiger partial charge in [-0.1, -0.05) is 29.8 Å². The van der Waals surface area contributed by atoms with Gasteiger partial charge in [0.25, 0.3) is 0 Å². The van der Waals surface area contributed by atoms with Gasteiger partial charge in [0.15, 0.2) is 0 Å². The predicted octanol–water partition coefficient (Wildman–Crippen LogP) is 3.16. The van der Waals surface area contributed by atoms with Gasteiger partial charge in [-0.05, 0) is 49.8 Å². The Kier molecular flexibility index (Phi) is 6.34. The van der Waals surface area contributed by atoms with E-state index in [4.69, 9.17) is 4.74 Å². The SMILES string of the molecule is COc1ccc(/C=C/C(=O)NC(C)C(=O)Nc2ccc(C)cc2)cc1. The standard InChI is InChI=1S/C20H22N2O3/c1-14-4-9-17(10-5-14)22-20(24)15(2)21-19(23)13-8-16-6-11-18(25-3)12-7-16/h4-13,15H,1-3H3,(H,21,23)(H,22,24)/b13-8+. The molecule has 0 fully saturated rings. The molecule has 0 aliphatic carbocycles. The monoisotopic (exact) mass is 338 g/mol. The van der Waals surface area contributed by atoms with Gasteiger partial charge in [0, 0.05) is 11.8 Å². The van der Waals surface area contributed by atoms with Crippen molar-refractivity contribution in [2.24, 2.45) is 0 Å². The third-order valence-corrected chi connectivity index (χ3v) is 3.61. The summed E-state index contributed by atoms with van der Waals surface area (Å²) in [6.07, 6.45) is 3.08. The highest BCUT2D eigenvalue weighted by Gasteiger charge is 2.14. The number of ether oxygens (including phenoxy) is 1. The fourth-order valence-corrected chi connectivity index (χ4v) is 2.10. The lowest BCUT2D eigenvalue weighted by atomic mass is 10.2. The molecule has 2 aromatic rings. The Bertz CT molecular complexity index is 750. The van der Waals surface area contributed by atoms with E-state index in [1.54, 1.807) is 20.1 Å². The summed E-state index contributed by atoms with van der Waals surface area (Å²) >= 11 is 0. The summed E-state index contributed by atoms with van der Waals surface area (Å²) in [5.74, 6) is 0.153. The van der Waals surface area contributed by atoms with Gasteiger partial charge < -0.3 is 15.4 Å². The minimum absolute atomic E-state index is 0.268. The largest absolute Gasteiger partial charge is 0.497 e. The Morgan fingerprint density at radius 1 is 1.04 bits per heavy atom. The van der Waals surface area contributed by atoms with Crippen LogP contribution in [0.25, 0.3) is 6.08 Å². The van der Waals surface area contributed by atoms with E-state index in [0.29, 0.717) is 5.69 Å². The molecule has 0 aliphatic rings. The molecule has 2 N–H and O–H groups in total. The highest BCUT2D eigenvalue weighted by atomic mass is 16.5. The number of methoxy groups -OCH3 is 1. The maximum Gasteiger partial charge on any atom is 0.246 e. The van der Waals surface area contributed by atoms with Crippen molar-refractivity contribution in [1.29, 1.82) is 0 Å². The van der Waals surface area contributed by atoms with Crippen LogP contribution in [0.4, 0.5) is 5.69 Å². The molecule has 5 heteroatoms. The topological polar surface area (TPSA) is 67.4 Å². The Morgan fingerprint density at radius 3 is 2.28 bits per heavy atom. The molecule has 5 nitrogen and oxygen atoms in total. The maximum absolute atomic E-state index is 12.1. The Labute approximate surface area is 147 Å². The van der Waals surface area contributed by atoms with E-state index in [0.717, 1.165) is 16.9 Å². The second kappa shape index (κ2) is 8.68. The van der Waals surface area contributed by atoms with Crippen LogP contribution in [0.2, 0.25) is 0 Å². The number of aryl methyl sites for hydroxylation is 1. The van der Waals surface area contributed by atoms with E-state index in [9.17, 15) is 9.59 Å². The number of nitrogens with one attached hydrogen (secondary N) is 2. The van der Waals surface area contributed by atoms with Crippen molar-refractivity contribution in [2.45, 2.75) is 19.9 Å². The first-order chi connectivity index (χ1) is 12.0. The molecule has 0 aliphatic heterocycles. The van der Waals surface area contributed by atoms with Crippen molar-refractivity contribution < 1.29 is 14.3 Å². The zero-order chi connectivity index (χ0) is 18.2. The zero-order valence-electron chi connectivity index (χ0n) is 14.6. The summed E-state index contributed by atoms with van der Waals surface area (Å²) in [5, 5.41) is 5.41. The molecule has 0 saturated heterocycles. The number of hydrogen-bond donors (Lipinski definition) is 2. The van der Waals surface area contributed by atoms with Crippen molar-refractivity contribution in [3.05, 3.63) is 65.7 Å². The third kappa shape index (κ3) is 5.80.